The molecule has 1 heterocycles. The normalized spacial score (nSPS) is 27.9. The summed E-state index contributed by atoms with van der Waals surface area (Å²) in [6.45, 7) is 0.0653. The number of aliphatic hydroxyl groups excluding tert-OH is 1. The molecule has 88 valence electrons. The molecule has 3 atom stereocenters. The fraction of sp³-hybridized carbons (Fsp3) is 0.889. The Labute approximate surface area is 93.0 Å². The van der Waals surface area contributed by atoms with Crippen LogP contribution in [0.1, 0.15) is 12.8 Å². The van der Waals surface area contributed by atoms with Crippen molar-refractivity contribution in [3.05, 3.63) is 0 Å². The third-order valence-electron chi connectivity index (χ3n) is 2.32. The molecule has 1 fully saturated rings. The maximum absolute atomic E-state index is 10.4. The molecule has 0 aliphatic carbocycles. The topological polar surface area (TPSA) is 92.8 Å². The Morgan fingerprint density at radius 3 is 2.73 bits per heavy atom. The van der Waals surface area contributed by atoms with Crippen LogP contribution in [0.2, 0.25) is 0 Å². The van der Waals surface area contributed by atoms with E-state index in [1.165, 1.54) is 11.8 Å². The Hall–Kier alpha value is -0.300. The molecule has 0 amide bonds. The van der Waals surface area contributed by atoms with Gasteiger partial charge in [-0.25, -0.2) is 0 Å². The number of nitrogens with two attached hydrogens (primary N) is 1. The second kappa shape index (κ2) is 6.32. The number of hydrogen-bond donors (Lipinski definition) is 3. The zero-order valence-electron chi connectivity index (χ0n) is 8.46. The van der Waals surface area contributed by atoms with Crippen molar-refractivity contribution in [3.63, 3.8) is 0 Å². The number of carboxylic acids is 1. The molecule has 0 spiro atoms. The van der Waals surface area contributed by atoms with Crippen molar-refractivity contribution < 1.29 is 19.7 Å². The van der Waals surface area contributed by atoms with Gasteiger partial charge in [-0.15, -0.1) is 0 Å². The monoisotopic (exact) mass is 235 g/mol. The molecule has 6 heteroatoms. The smallest absolute Gasteiger partial charge is 0.321 e. The standard InChI is InChI=1S/C9H17NO4S/c10-8(9(12)13)5-15-4-7-2-1-6(3-11)14-7/h6-8,11H,1-5,10H2,(H,12,13)/t6-,7-,8-/m0/s1. The van der Waals surface area contributed by atoms with Crippen LogP contribution in [0.3, 0.4) is 0 Å². The Balaban J connectivity index is 2.08. The molecule has 1 rings (SSSR count). The van der Waals surface area contributed by atoms with Crippen molar-refractivity contribution in [1.82, 2.24) is 0 Å². The van der Waals surface area contributed by atoms with Crippen LogP contribution in [0.15, 0.2) is 0 Å². The average Bonchev–Trinajstić information content (AvgIpc) is 2.65. The fourth-order valence-corrected chi connectivity index (χ4v) is 2.48. The van der Waals surface area contributed by atoms with Crippen LogP contribution in [0.5, 0.6) is 0 Å². The van der Waals surface area contributed by atoms with Gasteiger partial charge in [-0.2, -0.15) is 11.8 Å². The van der Waals surface area contributed by atoms with Crippen molar-refractivity contribution >= 4 is 17.7 Å². The first kappa shape index (κ1) is 12.8. The van der Waals surface area contributed by atoms with Crippen molar-refractivity contribution in [3.8, 4) is 0 Å². The van der Waals surface area contributed by atoms with Crippen molar-refractivity contribution in [1.29, 1.82) is 0 Å². The molecule has 0 saturated carbocycles. The zero-order chi connectivity index (χ0) is 11.3. The minimum absolute atomic E-state index is 0.0382. The van der Waals surface area contributed by atoms with E-state index >= 15 is 0 Å². The largest absolute Gasteiger partial charge is 0.480 e. The number of ether oxygens (including phenoxy) is 1. The van der Waals surface area contributed by atoms with Crippen LogP contribution >= 0.6 is 11.8 Å². The first-order valence-electron chi connectivity index (χ1n) is 4.96. The van der Waals surface area contributed by atoms with E-state index in [-0.39, 0.29) is 18.8 Å². The third kappa shape index (κ3) is 4.38. The van der Waals surface area contributed by atoms with Gasteiger partial charge in [-0.3, -0.25) is 4.79 Å². The van der Waals surface area contributed by atoms with Gasteiger partial charge in [0, 0.05) is 11.5 Å². The third-order valence-corrected chi connectivity index (χ3v) is 3.52. The highest BCUT2D eigenvalue weighted by Crippen LogP contribution is 2.22. The lowest BCUT2D eigenvalue weighted by Gasteiger charge is -2.12. The SMILES string of the molecule is N[C@@H](CSC[C@@H]1CC[C@@H](CO)O1)C(=O)O. The molecule has 0 aromatic rings. The quantitative estimate of drug-likeness (QED) is 0.584. The predicted molar refractivity (Wildman–Crippen MR) is 57.9 cm³/mol. The van der Waals surface area contributed by atoms with Gasteiger partial charge in [0.2, 0.25) is 0 Å². The summed E-state index contributed by atoms with van der Waals surface area (Å²) in [6.07, 6.45) is 1.91. The van der Waals surface area contributed by atoms with E-state index < -0.39 is 12.0 Å². The second-order valence-corrected chi connectivity index (χ2v) is 4.70. The van der Waals surface area contributed by atoms with E-state index in [4.69, 9.17) is 20.7 Å². The first-order valence-corrected chi connectivity index (χ1v) is 6.11. The minimum Gasteiger partial charge on any atom is -0.480 e. The van der Waals surface area contributed by atoms with Crippen LogP contribution in [0, 0.1) is 0 Å². The molecule has 15 heavy (non-hydrogen) atoms. The van der Waals surface area contributed by atoms with Gasteiger partial charge in [0.05, 0.1) is 18.8 Å². The average molecular weight is 235 g/mol. The number of aliphatic hydroxyl groups is 1. The molecule has 0 aromatic heterocycles. The fourth-order valence-electron chi connectivity index (χ4n) is 1.43. The van der Waals surface area contributed by atoms with Crippen molar-refractivity contribution in [2.24, 2.45) is 5.73 Å². The Kier molecular flexibility index (Phi) is 5.38. The second-order valence-electron chi connectivity index (χ2n) is 3.62. The summed E-state index contributed by atoms with van der Waals surface area (Å²) in [6, 6.07) is -0.801. The lowest BCUT2D eigenvalue weighted by Crippen LogP contribution is -2.33. The first-order chi connectivity index (χ1) is 7.13. The minimum atomic E-state index is -0.969. The predicted octanol–water partition coefficient (Wildman–Crippen LogP) is -0.329. The summed E-state index contributed by atoms with van der Waals surface area (Å²) >= 11 is 1.49. The summed E-state index contributed by atoms with van der Waals surface area (Å²) in [5.74, 6) is 0.180. The van der Waals surface area contributed by atoms with Crippen LogP contribution in [0.25, 0.3) is 0 Å². The molecule has 5 nitrogen and oxygen atoms in total. The van der Waals surface area contributed by atoms with Crippen LogP contribution in [0.4, 0.5) is 0 Å². The number of aliphatic carboxylic acids is 1. The lowest BCUT2D eigenvalue weighted by atomic mass is 10.2. The maximum Gasteiger partial charge on any atom is 0.321 e. The summed E-state index contributed by atoms with van der Waals surface area (Å²) < 4.78 is 5.49. The number of thioether (sulfide) groups is 1. The summed E-state index contributed by atoms with van der Waals surface area (Å²) in [7, 11) is 0. The van der Waals surface area contributed by atoms with E-state index in [9.17, 15) is 4.79 Å². The van der Waals surface area contributed by atoms with Crippen LogP contribution in [-0.4, -0.2) is 52.5 Å². The van der Waals surface area contributed by atoms with Gasteiger partial charge in [-0.05, 0) is 12.8 Å². The molecule has 0 bridgehead atoms. The summed E-state index contributed by atoms with van der Waals surface area (Å²) in [5.41, 5.74) is 5.35. The molecular weight excluding hydrogens is 218 g/mol. The number of hydrogen-bond acceptors (Lipinski definition) is 5. The molecule has 0 unspecified atom stereocenters. The molecule has 1 aliphatic rings. The molecule has 4 N–H and O–H groups in total. The van der Waals surface area contributed by atoms with Gasteiger partial charge < -0.3 is 20.7 Å². The van der Waals surface area contributed by atoms with Crippen molar-refractivity contribution in [2.45, 2.75) is 31.1 Å². The molecule has 1 saturated heterocycles. The molecular formula is C9H17NO4S. The van der Waals surface area contributed by atoms with Gasteiger partial charge in [0.1, 0.15) is 6.04 Å². The lowest BCUT2D eigenvalue weighted by molar-refractivity contribution is -0.137. The highest BCUT2D eigenvalue weighted by molar-refractivity contribution is 7.99. The Morgan fingerprint density at radius 2 is 2.20 bits per heavy atom. The van der Waals surface area contributed by atoms with Gasteiger partial charge in [-0.1, -0.05) is 0 Å². The molecule has 0 aromatic carbocycles. The maximum atomic E-state index is 10.4. The number of rotatable bonds is 6. The van der Waals surface area contributed by atoms with E-state index in [1.54, 1.807) is 0 Å². The summed E-state index contributed by atoms with van der Waals surface area (Å²) in [5, 5.41) is 17.4. The van der Waals surface area contributed by atoms with E-state index in [0.29, 0.717) is 5.75 Å². The van der Waals surface area contributed by atoms with Gasteiger partial charge in [0.25, 0.3) is 0 Å². The van der Waals surface area contributed by atoms with E-state index in [2.05, 4.69) is 0 Å². The highest BCUT2D eigenvalue weighted by atomic mass is 32.2. The van der Waals surface area contributed by atoms with Crippen LogP contribution in [-0.2, 0) is 9.53 Å². The van der Waals surface area contributed by atoms with Crippen molar-refractivity contribution in [2.75, 3.05) is 18.1 Å². The van der Waals surface area contributed by atoms with E-state index in [1.807, 2.05) is 0 Å². The molecule has 1 aliphatic heterocycles. The highest BCUT2D eigenvalue weighted by Gasteiger charge is 2.24. The van der Waals surface area contributed by atoms with Gasteiger partial charge >= 0.3 is 5.97 Å². The Bertz CT molecular complexity index is 214. The van der Waals surface area contributed by atoms with E-state index in [0.717, 1.165) is 18.6 Å². The van der Waals surface area contributed by atoms with Gasteiger partial charge in [0.15, 0.2) is 0 Å². The number of carboxylic acid groups (broad SMARTS) is 1. The Morgan fingerprint density at radius 1 is 1.53 bits per heavy atom. The number of carbonyl (C=O) groups is 1. The summed E-state index contributed by atoms with van der Waals surface area (Å²) in [4.78, 5) is 10.4. The van der Waals surface area contributed by atoms with Crippen LogP contribution < -0.4 is 5.73 Å². The molecule has 0 radical (unpaired) electrons. The zero-order valence-corrected chi connectivity index (χ0v) is 9.28.